The highest BCUT2D eigenvalue weighted by molar-refractivity contribution is 7.07. The second-order valence-corrected chi connectivity index (χ2v) is 7.51. The molecule has 3 heterocycles. The third-order valence-electron chi connectivity index (χ3n) is 4.83. The maximum Gasteiger partial charge on any atom is 0.268 e. The highest BCUT2D eigenvalue weighted by Gasteiger charge is 2.20. The second-order valence-electron chi connectivity index (χ2n) is 6.73. The van der Waals surface area contributed by atoms with Gasteiger partial charge in [0.25, 0.3) is 5.91 Å². The lowest BCUT2D eigenvalue weighted by molar-refractivity contribution is 0.0941. The minimum Gasteiger partial charge on any atom is -0.347 e. The van der Waals surface area contributed by atoms with Crippen molar-refractivity contribution in [2.75, 3.05) is 6.54 Å². The third kappa shape index (κ3) is 3.89. The molecule has 0 radical (unpaired) electrons. The summed E-state index contributed by atoms with van der Waals surface area (Å²) in [5.41, 5.74) is 4.48. The van der Waals surface area contributed by atoms with Crippen molar-refractivity contribution in [3.05, 3.63) is 81.8 Å². The van der Waals surface area contributed by atoms with Crippen molar-refractivity contribution in [3.63, 3.8) is 0 Å². The summed E-state index contributed by atoms with van der Waals surface area (Å²) in [4.78, 5) is 15.1. The van der Waals surface area contributed by atoms with E-state index in [2.05, 4.69) is 56.6 Å². The first-order valence-electron chi connectivity index (χ1n) is 9.03. The standard InChI is InChI=1S/C21H23N3OS/c25-21(22-13-18-9-12-26-16-18)20-8-7-19-15-23(10-4-11-24(19)20)14-17-5-2-1-3-6-17/h1-3,5-9,12,16H,4,10-11,13-15H2,(H,22,25). The van der Waals surface area contributed by atoms with Crippen LogP contribution < -0.4 is 5.32 Å². The van der Waals surface area contributed by atoms with Gasteiger partial charge in [0.2, 0.25) is 0 Å². The van der Waals surface area contributed by atoms with Crippen molar-refractivity contribution in [2.45, 2.75) is 32.6 Å². The SMILES string of the molecule is O=C(NCc1ccsc1)c1ccc2n1CCCN(Cc1ccccc1)C2. The van der Waals surface area contributed by atoms with Gasteiger partial charge in [-0.1, -0.05) is 30.3 Å². The fraction of sp³-hybridized carbons (Fsp3) is 0.286. The fourth-order valence-corrected chi connectivity index (χ4v) is 4.18. The highest BCUT2D eigenvalue weighted by atomic mass is 32.1. The largest absolute Gasteiger partial charge is 0.347 e. The molecule has 1 N–H and O–H groups in total. The van der Waals surface area contributed by atoms with Crippen molar-refractivity contribution in [2.24, 2.45) is 0 Å². The molecular weight excluding hydrogens is 342 g/mol. The number of nitrogens with one attached hydrogen (secondary N) is 1. The molecule has 26 heavy (non-hydrogen) atoms. The van der Waals surface area contributed by atoms with Crippen LogP contribution in [-0.2, 0) is 26.2 Å². The molecule has 0 saturated carbocycles. The molecule has 1 aliphatic heterocycles. The number of thiophene rings is 1. The summed E-state index contributed by atoms with van der Waals surface area (Å²) in [5.74, 6) is 0.0129. The van der Waals surface area contributed by atoms with Crippen LogP contribution >= 0.6 is 11.3 Å². The Kier molecular flexibility index (Phi) is 5.18. The van der Waals surface area contributed by atoms with Crippen LogP contribution in [0.5, 0.6) is 0 Å². The van der Waals surface area contributed by atoms with E-state index >= 15 is 0 Å². The van der Waals surface area contributed by atoms with E-state index in [1.807, 2.05) is 17.5 Å². The molecule has 1 aliphatic rings. The van der Waals surface area contributed by atoms with Gasteiger partial charge in [0.05, 0.1) is 0 Å². The zero-order chi connectivity index (χ0) is 17.8. The monoisotopic (exact) mass is 365 g/mol. The number of carbonyl (C=O) groups excluding carboxylic acids is 1. The first-order valence-corrected chi connectivity index (χ1v) is 9.98. The molecule has 0 saturated heterocycles. The Morgan fingerprint density at radius 2 is 1.92 bits per heavy atom. The van der Waals surface area contributed by atoms with E-state index in [0.29, 0.717) is 6.54 Å². The van der Waals surface area contributed by atoms with Gasteiger partial charge in [0.15, 0.2) is 0 Å². The van der Waals surface area contributed by atoms with Crippen LogP contribution in [0.15, 0.2) is 59.3 Å². The van der Waals surface area contributed by atoms with Crippen LogP contribution in [0.2, 0.25) is 0 Å². The van der Waals surface area contributed by atoms with Crippen LogP contribution in [0, 0.1) is 0 Å². The second kappa shape index (κ2) is 7.89. The maximum absolute atomic E-state index is 12.6. The Bertz CT molecular complexity index is 855. The number of hydrogen-bond donors (Lipinski definition) is 1. The molecule has 0 bridgehead atoms. The molecule has 2 aromatic heterocycles. The zero-order valence-corrected chi connectivity index (χ0v) is 15.5. The first-order chi connectivity index (χ1) is 12.8. The quantitative estimate of drug-likeness (QED) is 0.745. The Morgan fingerprint density at radius 3 is 2.73 bits per heavy atom. The normalized spacial score (nSPS) is 14.6. The topological polar surface area (TPSA) is 37.3 Å². The molecular formula is C21H23N3OS. The molecule has 1 aromatic carbocycles. The smallest absolute Gasteiger partial charge is 0.268 e. The lowest BCUT2D eigenvalue weighted by atomic mass is 10.2. The Balaban J connectivity index is 1.44. The number of hydrogen-bond acceptors (Lipinski definition) is 3. The molecule has 5 heteroatoms. The summed E-state index contributed by atoms with van der Waals surface area (Å²) in [7, 11) is 0. The van der Waals surface area contributed by atoms with Crippen molar-refractivity contribution in [1.82, 2.24) is 14.8 Å². The van der Waals surface area contributed by atoms with Crippen LogP contribution in [0.1, 0.15) is 33.7 Å². The van der Waals surface area contributed by atoms with E-state index in [9.17, 15) is 4.79 Å². The van der Waals surface area contributed by atoms with Gasteiger partial charge in [-0.3, -0.25) is 9.69 Å². The summed E-state index contributed by atoms with van der Waals surface area (Å²) in [6.07, 6.45) is 1.05. The van der Waals surface area contributed by atoms with E-state index in [0.717, 1.165) is 43.9 Å². The lowest BCUT2D eigenvalue weighted by Gasteiger charge is -2.19. The Labute approximate surface area is 158 Å². The zero-order valence-electron chi connectivity index (χ0n) is 14.7. The molecule has 0 spiro atoms. The summed E-state index contributed by atoms with van der Waals surface area (Å²) in [6.45, 7) is 4.36. The number of rotatable bonds is 5. The average molecular weight is 366 g/mol. The van der Waals surface area contributed by atoms with Crippen LogP contribution in [-0.4, -0.2) is 21.9 Å². The van der Waals surface area contributed by atoms with E-state index in [4.69, 9.17) is 0 Å². The van der Waals surface area contributed by atoms with Gasteiger partial charge in [0, 0.05) is 38.4 Å². The summed E-state index contributed by atoms with van der Waals surface area (Å²) < 4.78 is 2.19. The summed E-state index contributed by atoms with van der Waals surface area (Å²) >= 11 is 1.65. The minimum atomic E-state index is 0.0129. The number of fused-ring (bicyclic) bond motifs is 1. The molecule has 0 atom stereocenters. The van der Waals surface area contributed by atoms with Gasteiger partial charge >= 0.3 is 0 Å². The summed E-state index contributed by atoms with van der Waals surface area (Å²) in [6, 6.07) is 16.7. The number of aromatic nitrogens is 1. The molecule has 134 valence electrons. The van der Waals surface area contributed by atoms with Gasteiger partial charge < -0.3 is 9.88 Å². The molecule has 0 unspecified atom stereocenters. The van der Waals surface area contributed by atoms with E-state index in [1.165, 1.54) is 11.3 Å². The van der Waals surface area contributed by atoms with Crippen molar-refractivity contribution < 1.29 is 4.79 Å². The lowest BCUT2D eigenvalue weighted by Crippen LogP contribution is -2.25. The highest BCUT2D eigenvalue weighted by Crippen LogP contribution is 2.19. The van der Waals surface area contributed by atoms with Crippen LogP contribution in [0.3, 0.4) is 0 Å². The van der Waals surface area contributed by atoms with E-state index in [-0.39, 0.29) is 5.91 Å². The maximum atomic E-state index is 12.6. The number of nitrogens with zero attached hydrogens (tertiary/aromatic N) is 2. The van der Waals surface area contributed by atoms with Crippen LogP contribution in [0.25, 0.3) is 0 Å². The number of carbonyl (C=O) groups is 1. The van der Waals surface area contributed by atoms with Gasteiger partial charge in [-0.25, -0.2) is 0 Å². The first kappa shape index (κ1) is 17.1. The number of amides is 1. The van der Waals surface area contributed by atoms with Crippen molar-refractivity contribution in [3.8, 4) is 0 Å². The van der Waals surface area contributed by atoms with E-state index in [1.54, 1.807) is 11.3 Å². The van der Waals surface area contributed by atoms with Crippen molar-refractivity contribution >= 4 is 17.2 Å². The molecule has 0 fully saturated rings. The Morgan fingerprint density at radius 1 is 1.04 bits per heavy atom. The van der Waals surface area contributed by atoms with E-state index < -0.39 is 0 Å². The fourth-order valence-electron chi connectivity index (χ4n) is 3.51. The molecule has 1 amide bonds. The Hall–Kier alpha value is -2.37. The number of benzene rings is 1. The van der Waals surface area contributed by atoms with Gasteiger partial charge in [-0.05, 0) is 46.5 Å². The van der Waals surface area contributed by atoms with Gasteiger partial charge in [0.1, 0.15) is 5.69 Å². The molecule has 4 nitrogen and oxygen atoms in total. The van der Waals surface area contributed by atoms with Gasteiger partial charge in [-0.15, -0.1) is 0 Å². The molecule has 0 aliphatic carbocycles. The third-order valence-corrected chi connectivity index (χ3v) is 5.56. The molecule has 4 rings (SSSR count). The van der Waals surface area contributed by atoms with Crippen LogP contribution in [0.4, 0.5) is 0 Å². The summed E-state index contributed by atoms with van der Waals surface area (Å²) in [5, 5.41) is 7.15. The minimum absolute atomic E-state index is 0.0129. The van der Waals surface area contributed by atoms with Crippen molar-refractivity contribution in [1.29, 1.82) is 0 Å². The predicted octanol–water partition coefficient (Wildman–Crippen LogP) is 3.89. The predicted molar refractivity (Wildman–Crippen MR) is 105 cm³/mol. The van der Waals surface area contributed by atoms with Gasteiger partial charge in [-0.2, -0.15) is 11.3 Å². The molecule has 3 aromatic rings. The average Bonchev–Trinajstić information content (AvgIpc) is 3.27.